The van der Waals surface area contributed by atoms with Gasteiger partial charge in [-0.1, -0.05) is 55.3 Å². The van der Waals surface area contributed by atoms with E-state index in [0.29, 0.717) is 16.2 Å². The first-order valence-electron chi connectivity index (χ1n) is 14.2. The highest BCUT2D eigenvalue weighted by Gasteiger charge is 2.57. The topological polar surface area (TPSA) is 119 Å². The molecule has 0 unspecified atom stereocenters. The maximum atomic E-state index is 12.5. The van der Waals surface area contributed by atoms with Crippen LogP contribution >= 0.6 is 24.0 Å². The van der Waals surface area contributed by atoms with Crippen LogP contribution in [-0.2, 0) is 16.0 Å². The van der Waals surface area contributed by atoms with Gasteiger partial charge in [-0.25, -0.2) is 4.79 Å². The summed E-state index contributed by atoms with van der Waals surface area (Å²) in [4.78, 5) is 26.2. The molecule has 1 amide bonds. The number of hydrogen-bond acceptors (Lipinski definition) is 7. The Morgan fingerprint density at radius 1 is 1.34 bits per heavy atom. The molecule has 41 heavy (non-hydrogen) atoms. The monoisotopic (exact) mass is 600 g/mol. The van der Waals surface area contributed by atoms with E-state index in [1.165, 1.54) is 29.2 Å². The average molecular weight is 601 g/mol. The van der Waals surface area contributed by atoms with Crippen molar-refractivity contribution in [1.29, 1.82) is 0 Å². The second-order valence-corrected chi connectivity index (χ2v) is 12.9. The van der Waals surface area contributed by atoms with Crippen molar-refractivity contribution in [2.75, 3.05) is 6.54 Å². The number of benzene rings is 1. The number of ether oxygens (including phenoxy) is 1. The smallest absolute Gasteiger partial charge is 0.353 e. The van der Waals surface area contributed by atoms with Gasteiger partial charge >= 0.3 is 5.97 Å². The molecule has 8 nitrogen and oxygen atoms in total. The highest BCUT2D eigenvalue weighted by Crippen LogP contribution is 2.50. The molecule has 0 bridgehead atoms. The number of aliphatic hydroxyl groups is 1. The predicted molar refractivity (Wildman–Crippen MR) is 165 cm³/mol. The summed E-state index contributed by atoms with van der Waals surface area (Å²) in [5, 5.41) is 33.7. The standard InChI is InChI=1S/C31H40N2O6S2/c1-6-7-8-9-19-13-22(35)26(21-12-17(4)10-11-20(21)16(2)3)23(14-19)39-31(40)32-15-24-27(30(37)38)33-28(36)25(18(5)34)29(33)41-24/h12-14,18,20-21,25,29,34-35H,2,6-11,15H2,1,3-5H3,(H,32,40)(H,37,38)/t18-,20+,21-,25+,29-/m1/s1. The zero-order chi connectivity index (χ0) is 30.0. The molecule has 1 aromatic rings. The van der Waals surface area contributed by atoms with Gasteiger partial charge in [-0.05, 0) is 82.3 Å². The molecule has 4 rings (SSSR count). The van der Waals surface area contributed by atoms with E-state index in [1.54, 1.807) is 0 Å². The molecule has 1 saturated heterocycles. The van der Waals surface area contributed by atoms with Crippen molar-refractivity contribution in [3.8, 4) is 11.5 Å². The van der Waals surface area contributed by atoms with Gasteiger partial charge in [0.15, 0.2) is 0 Å². The van der Waals surface area contributed by atoms with Gasteiger partial charge in [0.05, 0.1) is 18.6 Å². The van der Waals surface area contributed by atoms with Gasteiger partial charge in [-0.15, -0.1) is 0 Å². The summed E-state index contributed by atoms with van der Waals surface area (Å²) < 4.78 is 6.20. The van der Waals surface area contributed by atoms with Crippen LogP contribution in [0.2, 0.25) is 0 Å². The molecule has 2 heterocycles. The third-order valence-corrected chi connectivity index (χ3v) is 9.73. The summed E-state index contributed by atoms with van der Waals surface area (Å²) in [5.74, 6) is -1.61. The third-order valence-electron chi connectivity index (χ3n) is 8.13. The van der Waals surface area contributed by atoms with E-state index in [4.69, 9.17) is 17.0 Å². The van der Waals surface area contributed by atoms with E-state index in [2.05, 4.69) is 31.8 Å². The Bertz CT molecular complexity index is 1300. The summed E-state index contributed by atoms with van der Waals surface area (Å²) in [6.45, 7) is 12.0. The number of carbonyl (C=O) groups is 2. The molecule has 1 fully saturated rings. The number of thiocarbonyl (C=S) groups is 1. The molecule has 0 spiro atoms. The molecule has 1 aliphatic carbocycles. The lowest BCUT2D eigenvalue weighted by atomic mass is 9.73. The Kier molecular flexibility index (Phi) is 9.87. The van der Waals surface area contributed by atoms with Crippen LogP contribution in [0.3, 0.4) is 0 Å². The number of hydrogen-bond donors (Lipinski definition) is 4. The van der Waals surface area contributed by atoms with Gasteiger partial charge in [0.2, 0.25) is 5.91 Å². The average Bonchev–Trinajstić information content (AvgIpc) is 3.21. The molecule has 5 atom stereocenters. The van der Waals surface area contributed by atoms with E-state index < -0.39 is 29.3 Å². The molecule has 0 aromatic heterocycles. The number of aliphatic carboxylic acids is 1. The maximum absolute atomic E-state index is 12.5. The number of aryl methyl sites for hydroxylation is 1. The molecule has 10 heteroatoms. The number of thioether (sulfide) groups is 1. The number of amides is 1. The molecule has 0 radical (unpaired) electrons. The van der Waals surface area contributed by atoms with Crippen LogP contribution in [-0.4, -0.2) is 55.3 Å². The largest absolute Gasteiger partial charge is 0.507 e. The van der Waals surface area contributed by atoms with E-state index in [0.717, 1.165) is 49.7 Å². The summed E-state index contributed by atoms with van der Waals surface area (Å²) in [7, 11) is 0. The van der Waals surface area contributed by atoms with Crippen molar-refractivity contribution >= 4 is 41.0 Å². The fourth-order valence-corrected chi connectivity index (χ4v) is 7.69. The summed E-state index contributed by atoms with van der Waals surface area (Å²) in [5.41, 5.74) is 3.80. The number of nitrogens with zero attached hydrogens (tertiary/aromatic N) is 1. The van der Waals surface area contributed by atoms with Crippen molar-refractivity contribution in [2.45, 2.75) is 83.6 Å². The number of carbonyl (C=O) groups excluding carboxylic acids is 1. The predicted octanol–water partition coefficient (Wildman–Crippen LogP) is 5.60. The Labute approximate surface area is 251 Å². The Morgan fingerprint density at radius 3 is 2.71 bits per heavy atom. The number of carboxylic acids is 1. The minimum atomic E-state index is -1.21. The first-order valence-corrected chi connectivity index (χ1v) is 15.5. The van der Waals surface area contributed by atoms with E-state index in [-0.39, 0.29) is 35.0 Å². The lowest BCUT2D eigenvalue weighted by molar-refractivity contribution is -0.156. The minimum Gasteiger partial charge on any atom is -0.507 e. The molecule has 3 aliphatic rings. The van der Waals surface area contributed by atoms with Gasteiger partial charge in [0.1, 0.15) is 22.6 Å². The van der Waals surface area contributed by atoms with Crippen LogP contribution in [0, 0.1) is 11.8 Å². The highest BCUT2D eigenvalue weighted by molar-refractivity contribution is 8.04. The second-order valence-electron chi connectivity index (χ2n) is 11.3. The quantitative estimate of drug-likeness (QED) is 0.111. The van der Waals surface area contributed by atoms with Crippen LogP contribution in [0.5, 0.6) is 11.5 Å². The number of aliphatic hydroxyl groups excluding tert-OH is 1. The SMILES string of the molecule is C=C(C)[C@@H]1CCC(C)=C[C@H]1c1c(O)cc(CCCCC)cc1OC(=S)NCC1=C(C(=O)O)N2C(=O)[C@H]([C@@H](C)O)[C@H]2S1. The van der Waals surface area contributed by atoms with Crippen molar-refractivity contribution in [3.63, 3.8) is 0 Å². The zero-order valence-electron chi connectivity index (χ0n) is 24.1. The van der Waals surface area contributed by atoms with E-state index in [1.807, 2.05) is 19.1 Å². The van der Waals surface area contributed by atoms with Gasteiger partial charge in [-0.2, -0.15) is 0 Å². The lowest BCUT2D eigenvalue weighted by Crippen LogP contribution is -2.60. The van der Waals surface area contributed by atoms with Gasteiger partial charge < -0.3 is 25.4 Å². The number of allylic oxidation sites excluding steroid dienone is 3. The minimum absolute atomic E-state index is 0.0326. The van der Waals surface area contributed by atoms with E-state index in [9.17, 15) is 24.9 Å². The molecule has 4 N–H and O–H groups in total. The molecule has 222 valence electrons. The van der Waals surface area contributed by atoms with Crippen molar-refractivity contribution in [3.05, 3.63) is 57.7 Å². The first-order chi connectivity index (χ1) is 19.4. The van der Waals surface area contributed by atoms with Crippen molar-refractivity contribution in [1.82, 2.24) is 10.2 Å². The van der Waals surface area contributed by atoms with Gasteiger partial charge in [0, 0.05) is 16.4 Å². The Balaban J connectivity index is 1.58. The number of β-lactam (4-membered cyclic amide) rings is 1. The second kappa shape index (κ2) is 13.0. The van der Waals surface area contributed by atoms with Crippen LogP contribution < -0.4 is 10.1 Å². The van der Waals surface area contributed by atoms with Gasteiger partial charge in [-0.3, -0.25) is 9.69 Å². The van der Waals surface area contributed by atoms with Crippen molar-refractivity contribution in [2.24, 2.45) is 11.8 Å². The maximum Gasteiger partial charge on any atom is 0.353 e. The van der Waals surface area contributed by atoms with Crippen LogP contribution in [0.15, 0.2) is 46.5 Å². The molecule has 1 aromatic carbocycles. The fraction of sp³-hybridized carbons (Fsp3) is 0.516. The number of phenolic OH excluding ortho intramolecular Hbond substituents is 1. The number of rotatable bonds is 11. The number of phenols is 1. The first kappa shape index (κ1) is 31.1. The van der Waals surface area contributed by atoms with Crippen LogP contribution in [0.1, 0.15) is 76.8 Å². The Hall–Kier alpha value is -2.82. The molecular formula is C31H40N2O6S2. The van der Waals surface area contributed by atoms with Crippen molar-refractivity contribution < 1.29 is 29.6 Å². The summed E-state index contributed by atoms with van der Waals surface area (Å²) in [6, 6.07) is 3.76. The molecular weight excluding hydrogens is 560 g/mol. The zero-order valence-corrected chi connectivity index (χ0v) is 25.7. The van der Waals surface area contributed by atoms with Crippen LogP contribution in [0.4, 0.5) is 0 Å². The number of fused-ring (bicyclic) bond motifs is 1. The van der Waals surface area contributed by atoms with E-state index >= 15 is 0 Å². The molecule has 2 aliphatic heterocycles. The lowest BCUT2D eigenvalue weighted by Gasteiger charge is -2.43. The van der Waals surface area contributed by atoms with Crippen LogP contribution in [0.25, 0.3) is 0 Å². The summed E-state index contributed by atoms with van der Waals surface area (Å²) >= 11 is 6.79. The fourth-order valence-electron chi connectivity index (χ4n) is 5.98. The number of nitrogens with one attached hydrogen (secondary N) is 1. The number of unbranched alkanes of at least 4 members (excludes halogenated alkanes) is 2. The Morgan fingerprint density at radius 2 is 2.07 bits per heavy atom. The third kappa shape index (κ3) is 6.49. The number of aromatic hydroxyl groups is 1. The highest BCUT2D eigenvalue weighted by atomic mass is 32.2. The number of carboxylic acid groups (broad SMARTS) is 1. The van der Waals surface area contributed by atoms with Gasteiger partial charge in [0.25, 0.3) is 5.17 Å². The normalized spacial score (nSPS) is 24.4. The summed E-state index contributed by atoms with van der Waals surface area (Å²) in [6.07, 6.45) is 7.14. The molecule has 0 saturated carbocycles.